The van der Waals surface area contributed by atoms with Crippen LogP contribution in [-0.2, 0) is 30.9 Å². The highest BCUT2D eigenvalue weighted by Crippen LogP contribution is 2.29. The van der Waals surface area contributed by atoms with Crippen molar-refractivity contribution in [2.45, 2.75) is 36.6 Å². The lowest BCUT2D eigenvalue weighted by Gasteiger charge is -2.20. The van der Waals surface area contributed by atoms with Gasteiger partial charge in [0.25, 0.3) is 15.9 Å². The van der Waals surface area contributed by atoms with Crippen molar-refractivity contribution in [2.24, 2.45) is 4.99 Å². The molecule has 1 saturated heterocycles. The van der Waals surface area contributed by atoms with Gasteiger partial charge in [-0.3, -0.25) is 9.59 Å². The minimum atomic E-state index is -3.75. The molecule has 0 N–H and O–H groups in total. The van der Waals surface area contributed by atoms with Crippen LogP contribution in [0.25, 0.3) is 10.2 Å². The number of amides is 1. The molecular weight excluding hydrogens is 458 g/mol. The van der Waals surface area contributed by atoms with E-state index in [2.05, 4.69) is 4.99 Å². The van der Waals surface area contributed by atoms with E-state index in [9.17, 15) is 18.0 Å². The lowest BCUT2D eigenvalue weighted by Crippen LogP contribution is -2.40. The molecule has 3 heterocycles. The van der Waals surface area contributed by atoms with Gasteiger partial charge in [-0.25, -0.2) is 8.42 Å². The monoisotopic (exact) mass is 479 g/mol. The highest BCUT2D eigenvalue weighted by molar-refractivity contribution is 7.91. The zero-order chi connectivity index (χ0) is 22.2. The number of rotatable bonds is 5. The summed E-state index contributed by atoms with van der Waals surface area (Å²) in [6, 6.07) is 8.10. The minimum Gasteiger partial charge on any atom is -0.468 e. The molecule has 1 unspecified atom stereocenters. The maximum atomic E-state index is 13.1. The zero-order valence-electron chi connectivity index (χ0n) is 17.0. The van der Waals surface area contributed by atoms with Gasteiger partial charge in [-0.2, -0.15) is 9.30 Å². The second-order valence-electron chi connectivity index (χ2n) is 7.17. The Morgan fingerprint density at radius 2 is 2.10 bits per heavy atom. The third kappa shape index (κ3) is 4.22. The molecule has 0 bridgehead atoms. The molecule has 1 aliphatic rings. The summed E-state index contributed by atoms with van der Waals surface area (Å²) in [7, 11) is -2.45. The summed E-state index contributed by atoms with van der Waals surface area (Å²) in [5, 5.41) is 1.69. The molecule has 31 heavy (non-hydrogen) atoms. The fraction of sp³-hybridized carbons (Fsp3) is 0.350. The number of aromatic nitrogens is 1. The van der Waals surface area contributed by atoms with Crippen LogP contribution in [0.15, 0.2) is 44.9 Å². The predicted octanol–water partition coefficient (Wildman–Crippen LogP) is 2.53. The number of nitrogens with zero attached hydrogens (tertiary/aromatic N) is 3. The van der Waals surface area contributed by atoms with Crippen molar-refractivity contribution in [2.75, 3.05) is 13.7 Å². The maximum absolute atomic E-state index is 13.1. The quantitative estimate of drug-likeness (QED) is 0.524. The molecule has 0 radical (unpaired) electrons. The molecule has 0 spiro atoms. The SMILES string of the molecule is COC(=O)Cn1c(=NC(=O)C2CCCN2S(=O)(=O)c2cccs2)sc2cc(C)ccc21. The van der Waals surface area contributed by atoms with Crippen molar-refractivity contribution in [3.05, 3.63) is 46.1 Å². The van der Waals surface area contributed by atoms with Gasteiger partial charge in [-0.15, -0.1) is 11.3 Å². The van der Waals surface area contributed by atoms with Gasteiger partial charge in [-0.1, -0.05) is 23.5 Å². The van der Waals surface area contributed by atoms with E-state index in [0.717, 1.165) is 27.1 Å². The topological polar surface area (TPSA) is 98.0 Å². The number of ether oxygens (including phenoxy) is 1. The fourth-order valence-corrected chi connectivity index (χ4v) is 7.48. The number of hydrogen-bond acceptors (Lipinski definition) is 7. The lowest BCUT2D eigenvalue weighted by molar-refractivity contribution is -0.141. The Bertz CT molecular complexity index is 1310. The molecule has 1 aliphatic heterocycles. The molecule has 1 fully saturated rings. The van der Waals surface area contributed by atoms with Gasteiger partial charge in [0.05, 0.1) is 17.3 Å². The first-order valence-electron chi connectivity index (χ1n) is 9.62. The minimum absolute atomic E-state index is 0.0897. The largest absolute Gasteiger partial charge is 0.468 e. The van der Waals surface area contributed by atoms with Gasteiger partial charge in [0.2, 0.25) is 0 Å². The highest BCUT2D eigenvalue weighted by Gasteiger charge is 2.40. The van der Waals surface area contributed by atoms with Gasteiger partial charge in [0.15, 0.2) is 4.80 Å². The van der Waals surface area contributed by atoms with Gasteiger partial charge >= 0.3 is 5.97 Å². The summed E-state index contributed by atoms with van der Waals surface area (Å²) < 4.78 is 34.7. The van der Waals surface area contributed by atoms with Gasteiger partial charge in [-0.05, 0) is 48.9 Å². The standard InChI is InChI=1S/C20H21N3O5S3/c1-13-7-8-14-16(11-13)30-20(22(14)12-17(24)28-2)21-19(25)15-5-3-9-23(15)31(26,27)18-6-4-10-29-18/h4,6-8,10-11,15H,3,5,9,12H2,1-2H3. The Hall–Kier alpha value is -2.34. The number of carbonyl (C=O) groups is 2. The van der Waals surface area contributed by atoms with Crippen LogP contribution in [0.3, 0.4) is 0 Å². The number of methoxy groups -OCH3 is 1. The summed E-state index contributed by atoms with van der Waals surface area (Å²) in [6.07, 6.45) is 0.998. The molecular formula is C20H21N3O5S3. The fourth-order valence-electron chi connectivity index (χ4n) is 3.58. The van der Waals surface area contributed by atoms with Crippen molar-refractivity contribution >= 4 is 54.8 Å². The molecule has 0 aliphatic carbocycles. The van der Waals surface area contributed by atoms with E-state index >= 15 is 0 Å². The van der Waals surface area contributed by atoms with Crippen LogP contribution in [0.5, 0.6) is 0 Å². The molecule has 11 heteroatoms. The van der Waals surface area contributed by atoms with Crippen LogP contribution in [0, 0.1) is 6.92 Å². The van der Waals surface area contributed by atoms with E-state index in [1.165, 1.54) is 28.8 Å². The van der Waals surface area contributed by atoms with E-state index in [0.29, 0.717) is 17.6 Å². The molecule has 1 amide bonds. The van der Waals surface area contributed by atoms with Crippen LogP contribution >= 0.6 is 22.7 Å². The smallest absolute Gasteiger partial charge is 0.325 e. The van der Waals surface area contributed by atoms with Crippen LogP contribution in [-0.4, -0.2) is 48.9 Å². The summed E-state index contributed by atoms with van der Waals surface area (Å²) in [5.41, 5.74) is 1.81. The predicted molar refractivity (Wildman–Crippen MR) is 118 cm³/mol. The molecule has 4 rings (SSSR count). The van der Waals surface area contributed by atoms with E-state index in [1.54, 1.807) is 16.0 Å². The van der Waals surface area contributed by atoms with E-state index in [-0.39, 0.29) is 17.3 Å². The number of thiazole rings is 1. The Labute approximate surface area is 187 Å². The number of hydrogen-bond donors (Lipinski definition) is 0. The second-order valence-corrected chi connectivity index (χ2v) is 11.2. The first-order valence-corrected chi connectivity index (χ1v) is 12.8. The van der Waals surface area contributed by atoms with Crippen molar-refractivity contribution in [3.63, 3.8) is 0 Å². The normalized spacial score (nSPS) is 18.0. The van der Waals surface area contributed by atoms with E-state index < -0.39 is 27.9 Å². The average Bonchev–Trinajstić information content (AvgIpc) is 3.48. The number of aryl methyl sites for hydroxylation is 1. The Morgan fingerprint density at radius 1 is 1.29 bits per heavy atom. The van der Waals surface area contributed by atoms with Crippen molar-refractivity contribution < 1.29 is 22.7 Å². The van der Waals surface area contributed by atoms with Crippen molar-refractivity contribution in [1.82, 2.24) is 8.87 Å². The molecule has 3 aromatic rings. The third-order valence-electron chi connectivity index (χ3n) is 5.11. The maximum Gasteiger partial charge on any atom is 0.325 e. The average molecular weight is 480 g/mol. The molecule has 0 saturated carbocycles. The molecule has 164 valence electrons. The van der Waals surface area contributed by atoms with Crippen LogP contribution in [0.4, 0.5) is 0 Å². The van der Waals surface area contributed by atoms with E-state index in [4.69, 9.17) is 4.74 Å². The van der Waals surface area contributed by atoms with Gasteiger partial charge in [0.1, 0.15) is 16.8 Å². The molecule has 2 aromatic heterocycles. The first kappa shape index (κ1) is 21.9. The molecule has 1 aromatic carbocycles. The number of esters is 1. The highest BCUT2D eigenvalue weighted by atomic mass is 32.2. The van der Waals surface area contributed by atoms with Crippen LogP contribution in [0.1, 0.15) is 18.4 Å². The first-order chi connectivity index (χ1) is 14.8. The Balaban J connectivity index is 1.74. The Kier molecular flexibility index (Phi) is 6.11. The molecule has 8 nitrogen and oxygen atoms in total. The van der Waals surface area contributed by atoms with Crippen LogP contribution in [0.2, 0.25) is 0 Å². The summed E-state index contributed by atoms with van der Waals surface area (Å²) in [4.78, 5) is 29.7. The Morgan fingerprint density at radius 3 is 2.81 bits per heavy atom. The summed E-state index contributed by atoms with van der Waals surface area (Å²) >= 11 is 2.41. The summed E-state index contributed by atoms with van der Waals surface area (Å²) in [5.74, 6) is -0.989. The van der Waals surface area contributed by atoms with E-state index in [1.807, 2.05) is 25.1 Å². The number of carbonyl (C=O) groups excluding carboxylic acids is 2. The zero-order valence-corrected chi connectivity index (χ0v) is 19.4. The number of thiophene rings is 1. The van der Waals surface area contributed by atoms with Gasteiger partial charge < -0.3 is 9.30 Å². The van der Waals surface area contributed by atoms with Gasteiger partial charge in [0, 0.05) is 6.54 Å². The number of benzene rings is 1. The lowest BCUT2D eigenvalue weighted by atomic mass is 10.2. The molecule has 1 atom stereocenters. The van der Waals surface area contributed by atoms with Crippen molar-refractivity contribution in [1.29, 1.82) is 0 Å². The summed E-state index contributed by atoms with van der Waals surface area (Å²) in [6.45, 7) is 2.14. The van der Waals surface area contributed by atoms with Crippen LogP contribution < -0.4 is 4.80 Å². The number of sulfonamides is 1. The van der Waals surface area contributed by atoms with Crippen molar-refractivity contribution in [3.8, 4) is 0 Å². The third-order valence-corrected chi connectivity index (χ3v) is 9.43. The number of fused-ring (bicyclic) bond motifs is 1. The second kappa shape index (κ2) is 8.65.